The molecule has 1 aromatic rings. The van der Waals surface area contributed by atoms with Crippen LogP contribution in [-0.2, 0) is 5.88 Å². The van der Waals surface area contributed by atoms with Gasteiger partial charge in [0.2, 0.25) is 0 Å². The van der Waals surface area contributed by atoms with Gasteiger partial charge in [-0.25, -0.2) is 4.79 Å². The molecule has 15 heavy (non-hydrogen) atoms. The van der Waals surface area contributed by atoms with E-state index in [0.29, 0.717) is 17.9 Å². The highest BCUT2D eigenvalue weighted by atomic mass is 35.5. The average Bonchev–Trinajstić information content (AvgIpc) is 2.25. The van der Waals surface area contributed by atoms with Gasteiger partial charge in [-0.1, -0.05) is 6.92 Å². The molecule has 1 rings (SSSR count). The van der Waals surface area contributed by atoms with Crippen molar-refractivity contribution in [2.45, 2.75) is 19.2 Å². The van der Waals surface area contributed by atoms with Crippen molar-refractivity contribution in [3.05, 3.63) is 29.3 Å². The molecule has 0 aromatic heterocycles. The molecule has 0 amide bonds. The van der Waals surface area contributed by atoms with Gasteiger partial charge in [-0.3, -0.25) is 0 Å². The van der Waals surface area contributed by atoms with Crippen LogP contribution >= 0.6 is 11.6 Å². The zero-order valence-electron chi connectivity index (χ0n) is 8.50. The molecule has 3 nitrogen and oxygen atoms in total. The SMILES string of the molecule is CCCOc1ccc(C(=O)O)c(CCl)c1. The van der Waals surface area contributed by atoms with Crippen molar-refractivity contribution < 1.29 is 14.6 Å². The third-order valence-electron chi connectivity index (χ3n) is 1.92. The Hall–Kier alpha value is -1.22. The van der Waals surface area contributed by atoms with Crippen molar-refractivity contribution in [1.82, 2.24) is 0 Å². The standard InChI is InChI=1S/C11H13ClO3/c1-2-5-15-9-3-4-10(11(13)14)8(6-9)7-12/h3-4,6H,2,5,7H2,1H3,(H,13,14). The lowest BCUT2D eigenvalue weighted by atomic mass is 10.1. The topological polar surface area (TPSA) is 46.5 Å². The van der Waals surface area contributed by atoms with Crippen molar-refractivity contribution in [3.8, 4) is 5.75 Å². The van der Waals surface area contributed by atoms with E-state index in [2.05, 4.69) is 0 Å². The Bertz CT molecular complexity index is 350. The van der Waals surface area contributed by atoms with Gasteiger partial charge in [-0.2, -0.15) is 0 Å². The molecule has 1 aromatic carbocycles. The lowest BCUT2D eigenvalue weighted by Gasteiger charge is -2.07. The Morgan fingerprint density at radius 3 is 2.80 bits per heavy atom. The molecule has 0 heterocycles. The van der Waals surface area contributed by atoms with Crippen LogP contribution < -0.4 is 4.74 Å². The normalized spacial score (nSPS) is 10.0. The number of benzene rings is 1. The van der Waals surface area contributed by atoms with E-state index in [9.17, 15) is 4.79 Å². The fraction of sp³-hybridized carbons (Fsp3) is 0.364. The van der Waals surface area contributed by atoms with Crippen LogP contribution in [0.5, 0.6) is 5.75 Å². The van der Waals surface area contributed by atoms with Crippen molar-refractivity contribution >= 4 is 17.6 Å². The van der Waals surface area contributed by atoms with E-state index in [-0.39, 0.29) is 11.4 Å². The van der Waals surface area contributed by atoms with Crippen LogP contribution in [0.3, 0.4) is 0 Å². The number of carboxylic acids is 1. The number of halogens is 1. The minimum Gasteiger partial charge on any atom is -0.494 e. The largest absolute Gasteiger partial charge is 0.494 e. The zero-order chi connectivity index (χ0) is 11.3. The minimum atomic E-state index is -0.965. The van der Waals surface area contributed by atoms with Gasteiger partial charge in [-0.05, 0) is 30.2 Å². The second-order valence-corrected chi connectivity index (χ2v) is 3.37. The van der Waals surface area contributed by atoms with Crippen molar-refractivity contribution in [3.63, 3.8) is 0 Å². The number of carbonyl (C=O) groups is 1. The second kappa shape index (κ2) is 5.61. The highest BCUT2D eigenvalue weighted by Crippen LogP contribution is 2.20. The second-order valence-electron chi connectivity index (χ2n) is 3.11. The van der Waals surface area contributed by atoms with Crippen LogP contribution in [0.1, 0.15) is 29.3 Å². The minimum absolute atomic E-state index is 0.172. The molecule has 0 aliphatic carbocycles. The first-order chi connectivity index (χ1) is 7.19. The van der Waals surface area contributed by atoms with Gasteiger partial charge in [0, 0.05) is 5.88 Å². The Balaban J connectivity index is 2.92. The monoisotopic (exact) mass is 228 g/mol. The van der Waals surface area contributed by atoms with E-state index in [1.165, 1.54) is 6.07 Å². The van der Waals surface area contributed by atoms with E-state index in [0.717, 1.165) is 6.42 Å². The highest BCUT2D eigenvalue weighted by Gasteiger charge is 2.09. The third kappa shape index (κ3) is 3.13. The Labute approximate surface area is 93.6 Å². The molecule has 0 saturated heterocycles. The quantitative estimate of drug-likeness (QED) is 0.789. The fourth-order valence-electron chi connectivity index (χ4n) is 1.20. The number of alkyl halides is 1. The summed E-state index contributed by atoms with van der Waals surface area (Å²) in [7, 11) is 0. The summed E-state index contributed by atoms with van der Waals surface area (Å²) in [6.07, 6.45) is 0.914. The number of carboxylic acid groups (broad SMARTS) is 1. The summed E-state index contributed by atoms with van der Waals surface area (Å²) >= 11 is 5.66. The highest BCUT2D eigenvalue weighted by molar-refractivity contribution is 6.17. The molecule has 0 aliphatic heterocycles. The first kappa shape index (κ1) is 11.9. The Kier molecular flexibility index (Phi) is 4.43. The summed E-state index contributed by atoms with van der Waals surface area (Å²) in [4.78, 5) is 10.8. The van der Waals surface area contributed by atoms with Crippen LogP contribution in [0, 0.1) is 0 Å². The molecule has 1 N–H and O–H groups in total. The van der Waals surface area contributed by atoms with Crippen LogP contribution in [0.2, 0.25) is 0 Å². The molecule has 0 saturated carbocycles. The maximum Gasteiger partial charge on any atom is 0.336 e. The van der Waals surface area contributed by atoms with Gasteiger partial charge < -0.3 is 9.84 Å². The van der Waals surface area contributed by atoms with E-state index in [1.54, 1.807) is 12.1 Å². The number of hydrogen-bond donors (Lipinski definition) is 1. The summed E-state index contributed by atoms with van der Waals surface area (Å²) in [5.41, 5.74) is 0.812. The molecule has 4 heteroatoms. The van der Waals surface area contributed by atoms with E-state index >= 15 is 0 Å². The molecule has 0 fully saturated rings. The molecular weight excluding hydrogens is 216 g/mol. The maximum atomic E-state index is 10.8. The van der Waals surface area contributed by atoms with Crippen LogP contribution in [0.4, 0.5) is 0 Å². The molecule has 0 aliphatic rings. The maximum absolute atomic E-state index is 10.8. The van der Waals surface area contributed by atoms with Crippen LogP contribution in [0.25, 0.3) is 0 Å². The number of aromatic carboxylic acids is 1. The smallest absolute Gasteiger partial charge is 0.336 e. The fourth-order valence-corrected chi connectivity index (χ4v) is 1.42. The van der Waals surface area contributed by atoms with Gasteiger partial charge in [0.25, 0.3) is 0 Å². The lowest BCUT2D eigenvalue weighted by Crippen LogP contribution is -2.02. The molecule has 0 bridgehead atoms. The van der Waals surface area contributed by atoms with Gasteiger partial charge in [0.15, 0.2) is 0 Å². The Morgan fingerprint density at radius 2 is 2.27 bits per heavy atom. The molecule has 0 atom stereocenters. The average molecular weight is 229 g/mol. The number of hydrogen-bond acceptors (Lipinski definition) is 2. The van der Waals surface area contributed by atoms with E-state index in [4.69, 9.17) is 21.4 Å². The van der Waals surface area contributed by atoms with Crippen molar-refractivity contribution in [2.24, 2.45) is 0 Å². The van der Waals surface area contributed by atoms with E-state index in [1.807, 2.05) is 6.92 Å². The van der Waals surface area contributed by atoms with E-state index < -0.39 is 5.97 Å². The third-order valence-corrected chi connectivity index (χ3v) is 2.21. The molecule has 0 radical (unpaired) electrons. The molecule has 0 spiro atoms. The van der Waals surface area contributed by atoms with Gasteiger partial charge in [-0.15, -0.1) is 11.6 Å². The van der Waals surface area contributed by atoms with Gasteiger partial charge >= 0.3 is 5.97 Å². The summed E-state index contributed by atoms with van der Waals surface area (Å²) in [6.45, 7) is 2.63. The number of ether oxygens (including phenoxy) is 1. The van der Waals surface area contributed by atoms with Gasteiger partial charge in [0.05, 0.1) is 12.2 Å². The zero-order valence-corrected chi connectivity index (χ0v) is 9.25. The van der Waals surface area contributed by atoms with Crippen LogP contribution in [-0.4, -0.2) is 17.7 Å². The summed E-state index contributed by atoms with van der Waals surface area (Å²) in [6, 6.07) is 4.84. The summed E-state index contributed by atoms with van der Waals surface area (Å²) in [5, 5.41) is 8.86. The van der Waals surface area contributed by atoms with Crippen LogP contribution in [0.15, 0.2) is 18.2 Å². The molecular formula is C11H13ClO3. The van der Waals surface area contributed by atoms with Crippen molar-refractivity contribution in [2.75, 3.05) is 6.61 Å². The first-order valence-electron chi connectivity index (χ1n) is 4.74. The number of rotatable bonds is 5. The molecule has 0 unspecified atom stereocenters. The lowest BCUT2D eigenvalue weighted by molar-refractivity contribution is 0.0696. The predicted molar refractivity (Wildman–Crippen MR) is 58.7 cm³/mol. The van der Waals surface area contributed by atoms with Gasteiger partial charge in [0.1, 0.15) is 5.75 Å². The Morgan fingerprint density at radius 1 is 1.53 bits per heavy atom. The summed E-state index contributed by atoms with van der Waals surface area (Å²) < 4.78 is 5.38. The predicted octanol–water partition coefficient (Wildman–Crippen LogP) is 2.91. The van der Waals surface area contributed by atoms with Crippen molar-refractivity contribution in [1.29, 1.82) is 0 Å². The first-order valence-corrected chi connectivity index (χ1v) is 5.27. The summed E-state index contributed by atoms with van der Waals surface area (Å²) in [5.74, 6) is -0.129. The molecule has 82 valence electrons.